The van der Waals surface area contributed by atoms with E-state index in [-0.39, 0.29) is 11.7 Å². The summed E-state index contributed by atoms with van der Waals surface area (Å²) in [6.07, 6.45) is -3.85. The van der Waals surface area contributed by atoms with Crippen LogP contribution in [0.3, 0.4) is 0 Å². The first kappa shape index (κ1) is 12.4. The minimum absolute atomic E-state index is 0.183. The molecule has 0 atom stereocenters. The van der Waals surface area contributed by atoms with Crippen LogP contribution in [0.4, 0.5) is 14.5 Å². The highest BCUT2D eigenvalue weighted by molar-refractivity contribution is 5.88. The van der Waals surface area contributed by atoms with Gasteiger partial charge in [-0.05, 0) is 24.3 Å². The van der Waals surface area contributed by atoms with Gasteiger partial charge in [0.25, 0.3) is 0 Å². The Bertz CT molecular complexity index is 359. The Balaban J connectivity index is 2.55. The van der Waals surface area contributed by atoms with Gasteiger partial charge in [-0.1, -0.05) is 0 Å². The summed E-state index contributed by atoms with van der Waals surface area (Å²) in [6.45, 7) is 0.253. The van der Waals surface area contributed by atoms with E-state index in [9.17, 15) is 13.6 Å². The SMILES string of the molecule is CC(=O)Nc1ccc(OCC(O)(F)F)cc1. The monoisotopic (exact) mass is 231 g/mol. The second-order valence-electron chi connectivity index (χ2n) is 3.16. The lowest BCUT2D eigenvalue weighted by Gasteiger charge is -2.11. The number of rotatable bonds is 4. The number of ether oxygens (including phenoxy) is 1. The van der Waals surface area contributed by atoms with Crippen molar-refractivity contribution in [2.75, 3.05) is 11.9 Å². The van der Waals surface area contributed by atoms with Crippen LogP contribution in [-0.4, -0.2) is 23.7 Å². The van der Waals surface area contributed by atoms with Gasteiger partial charge in [0.15, 0.2) is 6.61 Å². The molecule has 0 aliphatic rings. The average molecular weight is 231 g/mol. The zero-order valence-electron chi connectivity index (χ0n) is 8.54. The lowest BCUT2D eigenvalue weighted by molar-refractivity contribution is -0.216. The summed E-state index contributed by atoms with van der Waals surface area (Å²) in [5.41, 5.74) is 0.538. The fourth-order valence-corrected chi connectivity index (χ4v) is 1.01. The van der Waals surface area contributed by atoms with Crippen LogP contribution in [0, 0.1) is 0 Å². The molecule has 0 bridgehead atoms. The second-order valence-corrected chi connectivity index (χ2v) is 3.16. The Morgan fingerprint density at radius 2 is 2.00 bits per heavy atom. The van der Waals surface area contributed by atoms with Crippen molar-refractivity contribution < 1.29 is 23.4 Å². The Hall–Kier alpha value is -1.69. The number of aliphatic hydroxyl groups is 1. The van der Waals surface area contributed by atoms with E-state index in [0.29, 0.717) is 5.69 Å². The van der Waals surface area contributed by atoms with Gasteiger partial charge in [-0.2, -0.15) is 8.78 Å². The molecule has 0 fully saturated rings. The number of hydrogen-bond donors (Lipinski definition) is 2. The summed E-state index contributed by atoms with van der Waals surface area (Å²) < 4.78 is 28.7. The van der Waals surface area contributed by atoms with Crippen molar-refractivity contribution in [2.45, 2.75) is 13.0 Å². The quantitative estimate of drug-likeness (QED) is 0.827. The molecule has 1 amide bonds. The highest BCUT2D eigenvalue weighted by Gasteiger charge is 2.25. The fraction of sp³-hybridized carbons (Fsp3) is 0.300. The Morgan fingerprint density at radius 3 is 2.44 bits per heavy atom. The number of benzene rings is 1. The maximum Gasteiger partial charge on any atom is 0.387 e. The predicted octanol–water partition coefficient (Wildman–Crippen LogP) is 1.61. The molecule has 0 heterocycles. The molecule has 0 aromatic heterocycles. The lowest BCUT2D eigenvalue weighted by Crippen LogP contribution is -2.24. The van der Waals surface area contributed by atoms with Gasteiger partial charge < -0.3 is 15.2 Å². The first-order chi connectivity index (χ1) is 7.37. The third-order valence-electron chi connectivity index (χ3n) is 1.59. The summed E-state index contributed by atoms with van der Waals surface area (Å²) in [7, 11) is 0. The number of hydrogen-bond acceptors (Lipinski definition) is 3. The predicted molar refractivity (Wildman–Crippen MR) is 53.4 cm³/mol. The van der Waals surface area contributed by atoms with Crippen LogP contribution in [-0.2, 0) is 4.79 Å². The van der Waals surface area contributed by atoms with Gasteiger partial charge >= 0.3 is 6.11 Å². The highest BCUT2D eigenvalue weighted by Crippen LogP contribution is 2.18. The molecule has 0 spiro atoms. The topological polar surface area (TPSA) is 58.6 Å². The Morgan fingerprint density at radius 1 is 1.44 bits per heavy atom. The summed E-state index contributed by atoms with van der Waals surface area (Å²) >= 11 is 0. The molecule has 16 heavy (non-hydrogen) atoms. The molecule has 6 heteroatoms. The second kappa shape index (κ2) is 4.89. The van der Waals surface area contributed by atoms with E-state index in [0.717, 1.165) is 0 Å². The van der Waals surface area contributed by atoms with Crippen LogP contribution in [0.2, 0.25) is 0 Å². The zero-order valence-corrected chi connectivity index (χ0v) is 8.54. The van der Waals surface area contributed by atoms with Gasteiger partial charge in [0, 0.05) is 12.6 Å². The number of amides is 1. The third-order valence-corrected chi connectivity index (χ3v) is 1.59. The average Bonchev–Trinajstić information content (AvgIpc) is 2.14. The number of halogens is 2. The normalized spacial score (nSPS) is 11.0. The maximum atomic E-state index is 12.0. The van der Waals surface area contributed by atoms with Crippen molar-refractivity contribution in [2.24, 2.45) is 0 Å². The molecule has 0 aliphatic carbocycles. The molecule has 1 rings (SSSR count). The molecule has 0 aliphatic heterocycles. The van der Waals surface area contributed by atoms with Crippen LogP contribution in [0.1, 0.15) is 6.92 Å². The van der Waals surface area contributed by atoms with Gasteiger partial charge in [-0.15, -0.1) is 0 Å². The number of carbonyl (C=O) groups is 1. The van der Waals surface area contributed by atoms with Gasteiger partial charge in [-0.25, -0.2) is 0 Å². The van der Waals surface area contributed by atoms with E-state index in [1.807, 2.05) is 0 Å². The molecule has 2 N–H and O–H groups in total. The van der Waals surface area contributed by atoms with Gasteiger partial charge in [0.2, 0.25) is 5.91 Å². The molecule has 1 aromatic rings. The molecule has 1 aromatic carbocycles. The molecule has 0 unspecified atom stereocenters. The van der Waals surface area contributed by atoms with Crippen LogP contribution < -0.4 is 10.1 Å². The first-order valence-corrected chi connectivity index (χ1v) is 4.47. The third kappa shape index (κ3) is 4.70. The number of anilines is 1. The number of nitrogens with one attached hydrogen (secondary N) is 1. The van der Waals surface area contributed by atoms with Crippen LogP contribution in [0.5, 0.6) is 5.75 Å². The molecule has 0 radical (unpaired) electrons. The fourth-order valence-electron chi connectivity index (χ4n) is 1.01. The number of carbonyl (C=O) groups excluding carboxylic acids is 1. The highest BCUT2D eigenvalue weighted by atomic mass is 19.3. The van der Waals surface area contributed by atoms with Gasteiger partial charge in [0.05, 0.1) is 0 Å². The van der Waals surface area contributed by atoms with Crippen molar-refractivity contribution in [1.82, 2.24) is 0 Å². The van der Waals surface area contributed by atoms with Crippen molar-refractivity contribution in [3.8, 4) is 5.75 Å². The van der Waals surface area contributed by atoms with E-state index in [2.05, 4.69) is 10.1 Å². The minimum atomic E-state index is -3.85. The van der Waals surface area contributed by atoms with E-state index in [1.54, 1.807) is 0 Å². The van der Waals surface area contributed by atoms with Gasteiger partial charge in [-0.3, -0.25) is 4.79 Å². The smallest absolute Gasteiger partial charge is 0.387 e. The van der Waals surface area contributed by atoms with Crippen molar-refractivity contribution >= 4 is 11.6 Å². The minimum Gasteiger partial charge on any atom is -0.484 e. The molecular formula is C10H11F2NO3. The molecule has 0 saturated heterocycles. The Kier molecular flexibility index (Phi) is 3.78. The van der Waals surface area contributed by atoms with E-state index in [4.69, 9.17) is 5.11 Å². The van der Waals surface area contributed by atoms with Crippen molar-refractivity contribution in [3.63, 3.8) is 0 Å². The zero-order chi connectivity index (χ0) is 12.2. The summed E-state index contributed by atoms with van der Waals surface area (Å²) in [5, 5.41) is 10.6. The van der Waals surface area contributed by atoms with Crippen LogP contribution >= 0.6 is 0 Å². The largest absolute Gasteiger partial charge is 0.484 e. The molecular weight excluding hydrogens is 220 g/mol. The van der Waals surface area contributed by atoms with E-state index >= 15 is 0 Å². The standard InChI is InChI=1S/C10H11F2NO3/c1-7(14)13-8-2-4-9(5-3-8)16-6-10(11,12)15/h2-5,15H,6H2,1H3,(H,13,14). The maximum absolute atomic E-state index is 12.0. The van der Waals surface area contributed by atoms with Crippen LogP contribution in [0.15, 0.2) is 24.3 Å². The summed E-state index contributed by atoms with van der Waals surface area (Å²) in [4.78, 5) is 10.7. The number of alkyl halides is 2. The molecule has 4 nitrogen and oxygen atoms in total. The van der Waals surface area contributed by atoms with Crippen LogP contribution in [0.25, 0.3) is 0 Å². The first-order valence-electron chi connectivity index (χ1n) is 4.47. The van der Waals surface area contributed by atoms with Crippen molar-refractivity contribution in [1.29, 1.82) is 0 Å². The molecule has 0 saturated carbocycles. The summed E-state index contributed by atoms with van der Waals surface area (Å²) in [6, 6.07) is 5.84. The van der Waals surface area contributed by atoms with E-state index in [1.165, 1.54) is 31.2 Å². The van der Waals surface area contributed by atoms with E-state index < -0.39 is 12.7 Å². The molecule has 88 valence electrons. The summed E-state index contributed by atoms with van der Waals surface area (Å²) in [5.74, 6) is -0.0432. The Labute approximate surface area is 90.8 Å². The van der Waals surface area contributed by atoms with Crippen molar-refractivity contribution in [3.05, 3.63) is 24.3 Å². The lowest BCUT2D eigenvalue weighted by atomic mass is 10.3. The van der Waals surface area contributed by atoms with Gasteiger partial charge in [0.1, 0.15) is 5.75 Å².